The number of aromatic nitrogens is 2. The van der Waals surface area contributed by atoms with Crippen LogP contribution in [0.5, 0.6) is 5.75 Å². The maximum absolute atomic E-state index is 13.5. The van der Waals surface area contributed by atoms with Gasteiger partial charge in [0.15, 0.2) is 0 Å². The van der Waals surface area contributed by atoms with Gasteiger partial charge in [-0.15, -0.1) is 0 Å². The van der Waals surface area contributed by atoms with Gasteiger partial charge < -0.3 is 4.74 Å². The topological polar surface area (TPSA) is 56.5 Å². The number of nitrogens with zero attached hydrogens (tertiary/aromatic N) is 3. The van der Waals surface area contributed by atoms with E-state index >= 15 is 0 Å². The first-order chi connectivity index (χ1) is 15.9. The standard InChI is InChI=1S/C27H28BrN3O2/c1-5-17(3)26-30-24-13-12-20(28)15-22(24)27(32)31(26)29-16-23-21-10-8-7-9-19(21)11-14-25(23)33-18(4)6-2/h7-18H,5-6H2,1-4H3/t17-,18-/m1/s1. The van der Waals surface area contributed by atoms with Gasteiger partial charge in [-0.3, -0.25) is 4.79 Å². The second kappa shape index (κ2) is 9.87. The van der Waals surface area contributed by atoms with Crippen molar-refractivity contribution < 1.29 is 4.74 Å². The van der Waals surface area contributed by atoms with Gasteiger partial charge in [0.05, 0.1) is 23.2 Å². The van der Waals surface area contributed by atoms with E-state index in [1.54, 1.807) is 12.3 Å². The van der Waals surface area contributed by atoms with Gasteiger partial charge in [0.25, 0.3) is 5.56 Å². The fraction of sp³-hybridized carbons (Fsp3) is 0.296. The van der Waals surface area contributed by atoms with E-state index < -0.39 is 0 Å². The molecule has 4 rings (SSSR count). The number of halogens is 1. The van der Waals surface area contributed by atoms with Crippen molar-refractivity contribution in [3.63, 3.8) is 0 Å². The molecule has 0 amide bonds. The Labute approximate surface area is 202 Å². The van der Waals surface area contributed by atoms with Crippen LogP contribution in [0.25, 0.3) is 21.7 Å². The average Bonchev–Trinajstić information content (AvgIpc) is 2.83. The molecule has 4 aromatic rings. The van der Waals surface area contributed by atoms with Crippen LogP contribution in [0.15, 0.2) is 69.0 Å². The summed E-state index contributed by atoms with van der Waals surface area (Å²) in [4.78, 5) is 18.3. The van der Waals surface area contributed by atoms with E-state index in [0.717, 1.165) is 39.4 Å². The predicted octanol–water partition coefficient (Wildman–Crippen LogP) is 6.89. The third-order valence-corrected chi connectivity index (χ3v) is 6.52. The second-order valence-electron chi connectivity index (χ2n) is 8.34. The first kappa shape index (κ1) is 23.2. The molecule has 0 bridgehead atoms. The molecule has 3 aromatic carbocycles. The van der Waals surface area contributed by atoms with Crippen LogP contribution in [-0.2, 0) is 0 Å². The lowest BCUT2D eigenvalue weighted by atomic mass is 10.0. The Hall–Kier alpha value is -2.99. The summed E-state index contributed by atoms with van der Waals surface area (Å²) < 4.78 is 8.48. The highest BCUT2D eigenvalue weighted by Crippen LogP contribution is 2.28. The summed E-state index contributed by atoms with van der Waals surface area (Å²) in [5.74, 6) is 1.48. The van der Waals surface area contributed by atoms with Crippen LogP contribution in [0.1, 0.15) is 57.8 Å². The molecule has 5 nitrogen and oxygen atoms in total. The Morgan fingerprint density at radius 2 is 1.85 bits per heavy atom. The summed E-state index contributed by atoms with van der Waals surface area (Å²) >= 11 is 3.46. The Balaban J connectivity index is 1.93. The SMILES string of the molecule is CC[C@@H](C)Oc1ccc2ccccc2c1C=Nn1c([C@H](C)CC)nc2ccc(Br)cc2c1=O. The molecule has 170 valence electrons. The van der Waals surface area contributed by atoms with Gasteiger partial charge in [-0.05, 0) is 54.8 Å². The lowest BCUT2D eigenvalue weighted by Gasteiger charge is -2.17. The van der Waals surface area contributed by atoms with E-state index in [-0.39, 0.29) is 17.6 Å². The predicted molar refractivity (Wildman–Crippen MR) is 140 cm³/mol. The van der Waals surface area contributed by atoms with E-state index in [1.165, 1.54) is 4.68 Å². The Bertz CT molecular complexity index is 1390. The van der Waals surface area contributed by atoms with E-state index in [0.29, 0.717) is 16.7 Å². The van der Waals surface area contributed by atoms with Crippen LogP contribution in [0.2, 0.25) is 0 Å². The summed E-state index contributed by atoms with van der Waals surface area (Å²) in [6.07, 6.45) is 3.54. The highest BCUT2D eigenvalue weighted by Gasteiger charge is 2.16. The lowest BCUT2D eigenvalue weighted by molar-refractivity contribution is 0.217. The zero-order chi connectivity index (χ0) is 23.5. The Morgan fingerprint density at radius 1 is 1.06 bits per heavy atom. The lowest BCUT2D eigenvalue weighted by Crippen LogP contribution is -2.23. The zero-order valence-electron chi connectivity index (χ0n) is 19.4. The monoisotopic (exact) mass is 505 g/mol. The summed E-state index contributed by atoms with van der Waals surface area (Å²) in [6, 6.07) is 17.7. The summed E-state index contributed by atoms with van der Waals surface area (Å²) in [7, 11) is 0. The van der Waals surface area contributed by atoms with Crippen LogP contribution in [-0.4, -0.2) is 22.0 Å². The molecule has 0 unspecified atom stereocenters. The van der Waals surface area contributed by atoms with Crippen molar-refractivity contribution in [3.05, 3.63) is 80.8 Å². The van der Waals surface area contributed by atoms with Gasteiger partial charge in [0.2, 0.25) is 0 Å². The van der Waals surface area contributed by atoms with E-state index in [4.69, 9.17) is 14.8 Å². The molecule has 0 saturated heterocycles. The third-order valence-electron chi connectivity index (χ3n) is 6.02. The number of hydrogen-bond acceptors (Lipinski definition) is 4. The third kappa shape index (κ3) is 4.71. The van der Waals surface area contributed by atoms with Gasteiger partial charge >= 0.3 is 0 Å². The van der Waals surface area contributed by atoms with Crippen LogP contribution in [0.4, 0.5) is 0 Å². The Morgan fingerprint density at radius 3 is 2.61 bits per heavy atom. The maximum atomic E-state index is 13.5. The van der Waals surface area contributed by atoms with Gasteiger partial charge in [-0.25, -0.2) is 4.98 Å². The smallest absolute Gasteiger partial charge is 0.282 e. The largest absolute Gasteiger partial charge is 0.490 e. The molecule has 1 heterocycles. The van der Waals surface area contributed by atoms with Crippen molar-refractivity contribution in [2.45, 2.75) is 52.6 Å². The van der Waals surface area contributed by atoms with Crippen molar-refractivity contribution in [3.8, 4) is 5.75 Å². The first-order valence-electron chi connectivity index (χ1n) is 11.4. The molecule has 0 aliphatic carbocycles. The van der Waals surface area contributed by atoms with Crippen molar-refractivity contribution >= 4 is 43.8 Å². The van der Waals surface area contributed by atoms with Crippen molar-refractivity contribution in [2.24, 2.45) is 5.10 Å². The van der Waals surface area contributed by atoms with Gasteiger partial charge in [-0.1, -0.05) is 67.0 Å². The van der Waals surface area contributed by atoms with Crippen molar-refractivity contribution in [1.29, 1.82) is 0 Å². The minimum Gasteiger partial charge on any atom is -0.490 e. The van der Waals surface area contributed by atoms with Crippen LogP contribution in [0.3, 0.4) is 0 Å². The molecule has 6 heteroatoms. The van der Waals surface area contributed by atoms with E-state index in [1.807, 2.05) is 43.3 Å². The molecule has 2 atom stereocenters. The highest BCUT2D eigenvalue weighted by atomic mass is 79.9. The number of ether oxygens (including phenoxy) is 1. The van der Waals surface area contributed by atoms with Crippen LogP contribution < -0.4 is 10.3 Å². The van der Waals surface area contributed by atoms with Gasteiger partial charge in [0, 0.05) is 16.0 Å². The number of rotatable bonds is 7. The van der Waals surface area contributed by atoms with Gasteiger partial charge in [0.1, 0.15) is 11.6 Å². The first-order valence-corrected chi connectivity index (χ1v) is 12.2. The van der Waals surface area contributed by atoms with E-state index in [9.17, 15) is 4.79 Å². The molecule has 0 saturated carbocycles. The number of fused-ring (bicyclic) bond motifs is 2. The number of hydrogen-bond donors (Lipinski definition) is 0. The van der Waals surface area contributed by atoms with Crippen LogP contribution in [0, 0.1) is 0 Å². The van der Waals surface area contributed by atoms with E-state index in [2.05, 4.69) is 48.8 Å². The summed E-state index contributed by atoms with van der Waals surface area (Å²) in [6.45, 7) is 8.29. The molecule has 0 aliphatic heterocycles. The Kier molecular flexibility index (Phi) is 6.94. The molecule has 0 radical (unpaired) electrons. The molecular formula is C27H28BrN3O2. The molecule has 0 fully saturated rings. The molecule has 0 N–H and O–H groups in total. The van der Waals surface area contributed by atoms with Crippen molar-refractivity contribution in [1.82, 2.24) is 9.66 Å². The molecule has 1 aromatic heterocycles. The van der Waals surface area contributed by atoms with Crippen molar-refractivity contribution in [2.75, 3.05) is 0 Å². The number of benzene rings is 3. The van der Waals surface area contributed by atoms with Gasteiger partial charge in [-0.2, -0.15) is 9.78 Å². The molecule has 33 heavy (non-hydrogen) atoms. The maximum Gasteiger partial charge on any atom is 0.282 e. The molecular weight excluding hydrogens is 478 g/mol. The summed E-state index contributed by atoms with van der Waals surface area (Å²) in [5.41, 5.74) is 1.35. The minimum atomic E-state index is -0.183. The zero-order valence-corrected chi connectivity index (χ0v) is 21.0. The highest BCUT2D eigenvalue weighted by molar-refractivity contribution is 9.10. The van der Waals surface area contributed by atoms with Crippen LogP contribution >= 0.6 is 15.9 Å². The molecule has 0 aliphatic rings. The fourth-order valence-corrected chi connectivity index (χ4v) is 4.07. The quantitative estimate of drug-likeness (QED) is 0.257. The normalized spacial score (nSPS) is 13.6. The minimum absolute atomic E-state index is 0.0661. The molecule has 0 spiro atoms. The fourth-order valence-electron chi connectivity index (χ4n) is 3.71. The second-order valence-corrected chi connectivity index (χ2v) is 9.25. The average molecular weight is 506 g/mol. The summed E-state index contributed by atoms with van der Waals surface area (Å²) in [5, 5.41) is 7.33.